The van der Waals surface area contributed by atoms with E-state index in [1.807, 2.05) is 12.1 Å². The van der Waals surface area contributed by atoms with E-state index in [-0.39, 0.29) is 17.5 Å². The van der Waals surface area contributed by atoms with Gasteiger partial charge in [-0.25, -0.2) is 9.37 Å². The summed E-state index contributed by atoms with van der Waals surface area (Å²) < 4.78 is 14.3. The molecule has 0 spiro atoms. The van der Waals surface area contributed by atoms with Crippen LogP contribution in [0.25, 0.3) is 6.08 Å². The van der Waals surface area contributed by atoms with Gasteiger partial charge in [-0.05, 0) is 55.7 Å². The molecule has 6 nitrogen and oxygen atoms in total. The fourth-order valence-corrected chi connectivity index (χ4v) is 4.87. The SMILES string of the molecule is CC(=O)N(c1nc(/C=C/C(=O)Nc2cc(Cl)ccc2N2CCCCC2)cs1)c1ccccc1F. The van der Waals surface area contributed by atoms with E-state index in [9.17, 15) is 14.0 Å². The maximum absolute atomic E-state index is 14.3. The Morgan fingerprint density at radius 2 is 1.94 bits per heavy atom. The molecule has 1 aromatic heterocycles. The van der Waals surface area contributed by atoms with Gasteiger partial charge in [-0.1, -0.05) is 23.7 Å². The van der Waals surface area contributed by atoms with Crippen LogP contribution in [0, 0.1) is 5.82 Å². The van der Waals surface area contributed by atoms with E-state index in [0.717, 1.165) is 31.6 Å². The molecule has 9 heteroatoms. The van der Waals surface area contributed by atoms with E-state index < -0.39 is 5.82 Å². The number of para-hydroxylation sites is 1. The Balaban J connectivity index is 1.49. The Bertz CT molecular complexity index is 1220. The van der Waals surface area contributed by atoms with Crippen LogP contribution in [0.4, 0.5) is 26.6 Å². The molecular weight excluding hydrogens is 475 g/mol. The molecule has 34 heavy (non-hydrogen) atoms. The zero-order valence-electron chi connectivity index (χ0n) is 18.6. The molecule has 176 valence electrons. The second-order valence-corrected chi connectivity index (χ2v) is 9.17. The molecule has 0 aliphatic carbocycles. The van der Waals surface area contributed by atoms with Gasteiger partial charge in [0, 0.05) is 36.5 Å². The van der Waals surface area contributed by atoms with Crippen LogP contribution in [-0.2, 0) is 9.59 Å². The van der Waals surface area contributed by atoms with Gasteiger partial charge in [-0.15, -0.1) is 11.3 Å². The highest BCUT2D eigenvalue weighted by Crippen LogP contribution is 2.32. The van der Waals surface area contributed by atoms with E-state index >= 15 is 0 Å². The van der Waals surface area contributed by atoms with E-state index in [1.165, 1.54) is 47.8 Å². The van der Waals surface area contributed by atoms with Gasteiger partial charge in [-0.3, -0.25) is 14.5 Å². The van der Waals surface area contributed by atoms with Crippen molar-refractivity contribution < 1.29 is 14.0 Å². The van der Waals surface area contributed by atoms with Gasteiger partial charge in [0.05, 0.1) is 22.8 Å². The minimum atomic E-state index is -0.518. The van der Waals surface area contributed by atoms with E-state index in [0.29, 0.717) is 21.5 Å². The van der Waals surface area contributed by atoms with Crippen molar-refractivity contribution in [2.75, 3.05) is 28.2 Å². The topological polar surface area (TPSA) is 65.5 Å². The van der Waals surface area contributed by atoms with Crippen molar-refractivity contribution >= 4 is 63.0 Å². The number of thiazole rings is 1. The predicted octanol–water partition coefficient (Wildman–Crippen LogP) is 6.26. The molecule has 1 N–H and O–H groups in total. The number of anilines is 4. The summed E-state index contributed by atoms with van der Waals surface area (Å²) in [7, 11) is 0. The second-order valence-electron chi connectivity index (χ2n) is 7.89. The summed E-state index contributed by atoms with van der Waals surface area (Å²) >= 11 is 7.36. The lowest BCUT2D eigenvalue weighted by Gasteiger charge is -2.30. The van der Waals surface area contributed by atoms with Gasteiger partial charge in [0.15, 0.2) is 5.13 Å². The zero-order valence-corrected chi connectivity index (χ0v) is 20.2. The fourth-order valence-electron chi connectivity index (χ4n) is 3.85. The van der Waals surface area contributed by atoms with E-state index in [4.69, 9.17) is 11.6 Å². The number of hydrogen-bond acceptors (Lipinski definition) is 5. The van der Waals surface area contributed by atoms with E-state index in [2.05, 4.69) is 15.2 Å². The number of carbonyl (C=O) groups excluding carboxylic acids is 2. The third-order valence-corrected chi connectivity index (χ3v) is 6.51. The van der Waals surface area contributed by atoms with Crippen LogP contribution in [0.2, 0.25) is 5.02 Å². The highest BCUT2D eigenvalue weighted by atomic mass is 35.5. The first-order valence-electron chi connectivity index (χ1n) is 11.0. The minimum Gasteiger partial charge on any atom is -0.370 e. The van der Waals surface area contributed by atoms with Crippen molar-refractivity contribution in [3.8, 4) is 0 Å². The summed E-state index contributed by atoms with van der Waals surface area (Å²) in [5.74, 6) is -1.21. The second kappa shape index (κ2) is 10.8. The monoisotopic (exact) mass is 498 g/mol. The molecule has 2 aromatic carbocycles. The number of halogens is 2. The molecule has 0 bridgehead atoms. The first-order chi connectivity index (χ1) is 16.4. The third kappa shape index (κ3) is 5.63. The number of piperidine rings is 1. The lowest BCUT2D eigenvalue weighted by atomic mass is 10.1. The Morgan fingerprint density at radius 1 is 1.18 bits per heavy atom. The molecular formula is C25H24ClFN4O2S. The van der Waals surface area contributed by atoms with Crippen molar-refractivity contribution in [2.24, 2.45) is 0 Å². The van der Waals surface area contributed by atoms with Gasteiger partial charge < -0.3 is 10.2 Å². The molecule has 2 heterocycles. The van der Waals surface area contributed by atoms with Crippen molar-refractivity contribution in [3.63, 3.8) is 0 Å². The number of benzene rings is 2. The van der Waals surface area contributed by atoms with Gasteiger partial charge >= 0.3 is 0 Å². The average Bonchev–Trinajstić information content (AvgIpc) is 3.28. The average molecular weight is 499 g/mol. The smallest absolute Gasteiger partial charge is 0.248 e. The number of carbonyl (C=O) groups is 2. The highest BCUT2D eigenvalue weighted by molar-refractivity contribution is 7.14. The van der Waals surface area contributed by atoms with Crippen molar-refractivity contribution in [1.82, 2.24) is 4.98 Å². The van der Waals surface area contributed by atoms with Gasteiger partial charge in [0.2, 0.25) is 11.8 Å². The highest BCUT2D eigenvalue weighted by Gasteiger charge is 2.20. The fraction of sp³-hybridized carbons (Fsp3) is 0.240. The van der Waals surface area contributed by atoms with Crippen LogP contribution in [-0.4, -0.2) is 29.9 Å². The normalized spacial score (nSPS) is 13.8. The Labute approximate surface area is 206 Å². The molecule has 1 aliphatic heterocycles. The van der Waals surface area contributed by atoms with Gasteiger partial charge in [0.25, 0.3) is 0 Å². The summed E-state index contributed by atoms with van der Waals surface area (Å²) in [4.78, 5) is 32.7. The number of rotatable bonds is 6. The van der Waals surface area contributed by atoms with Crippen LogP contribution in [0.3, 0.4) is 0 Å². The summed E-state index contributed by atoms with van der Waals surface area (Å²) in [6, 6.07) is 11.5. The van der Waals surface area contributed by atoms with E-state index in [1.54, 1.807) is 29.7 Å². The molecule has 1 fully saturated rings. The first-order valence-corrected chi connectivity index (χ1v) is 12.2. The number of aromatic nitrogens is 1. The number of amides is 2. The molecule has 0 saturated carbocycles. The predicted molar refractivity (Wildman–Crippen MR) is 137 cm³/mol. The maximum Gasteiger partial charge on any atom is 0.248 e. The van der Waals surface area contributed by atoms with Crippen LogP contribution in [0.5, 0.6) is 0 Å². The molecule has 4 rings (SSSR count). The third-order valence-electron chi connectivity index (χ3n) is 5.43. The van der Waals surface area contributed by atoms with Crippen LogP contribution in [0.15, 0.2) is 53.9 Å². The first kappa shape index (κ1) is 23.9. The van der Waals surface area contributed by atoms with Gasteiger partial charge in [-0.2, -0.15) is 0 Å². The summed E-state index contributed by atoms with van der Waals surface area (Å²) in [6.07, 6.45) is 6.38. The summed E-state index contributed by atoms with van der Waals surface area (Å²) in [6.45, 7) is 3.23. The summed E-state index contributed by atoms with van der Waals surface area (Å²) in [5.41, 5.74) is 2.22. The number of nitrogens with zero attached hydrogens (tertiary/aromatic N) is 3. The molecule has 2 amide bonds. The number of nitrogens with one attached hydrogen (secondary N) is 1. The van der Waals surface area contributed by atoms with Crippen molar-refractivity contribution in [1.29, 1.82) is 0 Å². The molecule has 0 radical (unpaired) electrons. The molecule has 3 aromatic rings. The van der Waals surface area contributed by atoms with Crippen molar-refractivity contribution in [3.05, 3.63) is 70.5 Å². The largest absolute Gasteiger partial charge is 0.370 e. The lowest BCUT2D eigenvalue weighted by Crippen LogP contribution is -2.30. The Morgan fingerprint density at radius 3 is 2.68 bits per heavy atom. The standard InChI is InChI=1S/C25H24ClFN4O2S/c1-17(32)31(22-8-4-3-7-20(22)27)25-28-19(16-34-25)10-12-24(33)29-21-15-18(26)9-11-23(21)30-13-5-2-6-14-30/h3-4,7-12,15-16H,2,5-6,13-14H2,1H3,(H,29,33)/b12-10+. The zero-order chi connectivity index (χ0) is 24.1. The van der Waals surface area contributed by atoms with Crippen LogP contribution < -0.4 is 15.1 Å². The summed E-state index contributed by atoms with van der Waals surface area (Å²) in [5, 5.41) is 5.48. The molecule has 1 aliphatic rings. The molecule has 1 saturated heterocycles. The Hall–Kier alpha value is -3.23. The number of hydrogen-bond donors (Lipinski definition) is 1. The molecule has 0 atom stereocenters. The quantitative estimate of drug-likeness (QED) is 0.407. The molecule has 0 unspecified atom stereocenters. The van der Waals surface area contributed by atoms with Crippen molar-refractivity contribution in [2.45, 2.75) is 26.2 Å². The van der Waals surface area contributed by atoms with Gasteiger partial charge in [0.1, 0.15) is 5.82 Å². The maximum atomic E-state index is 14.3. The van der Waals surface area contributed by atoms with Crippen LogP contribution in [0.1, 0.15) is 31.9 Å². The Kier molecular flexibility index (Phi) is 7.59. The van der Waals surface area contributed by atoms with Crippen LogP contribution >= 0.6 is 22.9 Å². The minimum absolute atomic E-state index is 0.129. The lowest BCUT2D eigenvalue weighted by molar-refractivity contribution is -0.116.